The zero-order valence-corrected chi connectivity index (χ0v) is 13.3. The second-order valence-corrected chi connectivity index (χ2v) is 6.15. The first kappa shape index (κ1) is 15.3. The molecule has 1 atom stereocenters. The van der Waals surface area contributed by atoms with E-state index in [1.54, 1.807) is 6.20 Å². The lowest BCUT2D eigenvalue weighted by Gasteiger charge is -2.35. The monoisotopic (exact) mass is 303 g/mol. The molecule has 0 saturated carbocycles. The SMILES string of the molecule is CCOC(=O)c1ccc(N2CCC(C3CCCN3)CC2)nc1. The van der Waals surface area contributed by atoms with Gasteiger partial charge >= 0.3 is 5.97 Å². The van der Waals surface area contributed by atoms with Crippen LogP contribution in [0.2, 0.25) is 0 Å². The summed E-state index contributed by atoms with van der Waals surface area (Å²) in [5.74, 6) is 1.47. The van der Waals surface area contributed by atoms with Crippen LogP contribution in [0.15, 0.2) is 18.3 Å². The maximum absolute atomic E-state index is 11.6. The number of hydrogen-bond acceptors (Lipinski definition) is 5. The van der Waals surface area contributed by atoms with Crippen LogP contribution in [0.5, 0.6) is 0 Å². The van der Waals surface area contributed by atoms with E-state index >= 15 is 0 Å². The topological polar surface area (TPSA) is 54.5 Å². The van der Waals surface area contributed by atoms with Crippen molar-refractivity contribution in [3.8, 4) is 0 Å². The highest BCUT2D eigenvalue weighted by Crippen LogP contribution is 2.27. The largest absolute Gasteiger partial charge is 0.462 e. The summed E-state index contributed by atoms with van der Waals surface area (Å²) in [6, 6.07) is 4.46. The van der Waals surface area contributed by atoms with Crippen LogP contribution in [0, 0.1) is 5.92 Å². The van der Waals surface area contributed by atoms with E-state index in [0.717, 1.165) is 30.9 Å². The van der Waals surface area contributed by atoms with Crippen molar-refractivity contribution in [2.24, 2.45) is 5.92 Å². The normalized spacial score (nSPS) is 22.8. The first-order valence-corrected chi connectivity index (χ1v) is 8.39. The van der Waals surface area contributed by atoms with Crippen molar-refractivity contribution in [2.75, 3.05) is 31.1 Å². The lowest BCUT2D eigenvalue weighted by Crippen LogP contribution is -2.41. The third-order valence-corrected chi connectivity index (χ3v) is 4.79. The molecule has 1 aromatic rings. The Hall–Kier alpha value is -1.62. The average Bonchev–Trinajstić information content (AvgIpc) is 3.10. The van der Waals surface area contributed by atoms with Gasteiger partial charge in [0.15, 0.2) is 0 Å². The molecular weight excluding hydrogens is 278 g/mol. The van der Waals surface area contributed by atoms with Gasteiger partial charge in [0.05, 0.1) is 12.2 Å². The Labute approximate surface area is 132 Å². The van der Waals surface area contributed by atoms with E-state index < -0.39 is 0 Å². The van der Waals surface area contributed by atoms with E-state index in [4.69, 9.17) is 4.74 Å². The Morgan fingerprint density at radius 2 is 2.18 bits per heavy atom. The number of carbonyl (C=O) groups is 1. The second-order valence-electron chi connectivity index (χ2n) is 6.15. The molecule has 2 aliphatic rings. The molecule has 0 bridgehead atoms. The minimum Gasteiger partial charge on any atom is -0.462 e. The van der Waals surface area contributed by atoms with Crippen LogP contribution in [0.4, 0.5) is 5.82 Å². The Kier molecular flexibility index (Phi) is 4.93. The molecule has 3 rings (SSSR count). The molecule has 2 aliphatic heterocycles. The lowest BCUT2D eigenvalue weighted by atomic mass is 9.88. The summed E-state index contributed by atoms with van der Waals surface area (Å²) < 4.78 is 4.98. The zero-order chi connectivity index (χ0) is 15.4. The Morgan fingerprint density at radius 3 is 2.77 bits per heavy atom. The first-order chi connectivity index (χ1) is 10.8. The Bertz CT molecular complexity index is 489. The maximum atomic E-state index is 11.6. The van der Waals surface area contributed by atoms with Crippen molar-refractivity contribution in [1.82, 2.24) is 10.3 Å². The van der Waals surface area contributed by atoms with E-state index in [0.29, 0.717) is 12.2 Å². The minimum atomic E-state index is -0.299. The number of esters is 1. The number of pyridine rings is 1. The summed E-state index contributed by atoms with van der Waals surface area (Å²) in [5.41, 5.74) is 0.524. The third kappa shape index (κ3) is 3.40. The van der Waals surface area contributed by atoms with Crippen LogP contribution in [0.3, 0.4) is 0 Å². The standard InChI is InChI=1S/C17H25N3O2/c1-2-22-17(21)14-5-6-16(19-12-14)20-10-7-13(8-11-20)15-4-3-9-18-15/h5-6,12-13,15,18H,2-4,7-11H2,1H3. The van der Waals surface area contributed by atoms with E-state index in [1.807, 2.05) is 19.1 Å². The van der Waals surface area contributed by atoms with Gasteiger partial charge in [-0.1, -0.05) is 0 Å². The van der Waals surface area contributed by atoms with Crippen molar-refractivity contribution in [3.63, 3.8) is 0 Å². The van der Waals surface area contributed by atoms with Gasteiger partial charge in [-0.05, 0) is 57.2 Å². The van der Waals surface area contributed by atoms with E-state index in [9.17, 15) is 4.79 Å². The number of anilines is 1. The summed E-state index contributed by atoms with van der Waals surface area (Å²) in [5, 5.41) is 3.63. The summed E-state index contributed by atoms with van der Waals surface area (Å²) in [7, 11) is 0. The van der Waals surface area contributed by atoms with Crippen LogP contribution in [-0.4, -0.2) is 43.2 Å². The predicted octanol–water partition coefficient (Wildman–Crippen LogP) is 2.23. The fourth-order valence-corrected chi connectivity index (χ4v) is 3.55. The molecular formula is C17H25N3O2. The number of aromatic nitrogens is 1. The van der Waals surface area contributed by atoms with E-state index in [-0.39, 0.29) is 5.97 Å². The summed E-state index contributed by atoms with van der Waals surface area (Å²) in [6.07, 6.45) is 6.72. The number of ether oxygens (including phenoxy) is 1. The van der Waals surface area contributed by atoms with Gasteiger partial charge in [0.1, 0.15) is 5.82 Å². The number of nitrogens with one attached hydrogen (secondary N) is 1. The van der Waals surface area contributed by atoms with Gasteiger partial charge in [-0.25, -0.2) is 9.78 Å². The van der Waals surface area contributed by atoms with Crippen molar-refractivity contribution in [3.05, 3.63) is 23.9 Å². The van der Waals surface area contributed by atoms with Crippen molar-refractivity contribution < 1.29 is 9.53 Å². The van der Waals surface area contributed by atoms with Crippen LogP contribution >= 0.6 is 0 Å². The quantitative estimate of drug-likeness (QED) is 0.865. The van der Waals surface area contributed by atoms with Crippen LogP contribution in [0.1, 0.15) is 43.0 Å². The fraction of sp³-hybridized carbons (Fsp3) is 0.647. The molecule has 0 spiro atoms. The summed E-state index contributed by atoms with van der Waals surface area (Å²) in [4.78, 5) is 18.4. The lowest BCUT2D eigenvalue weighted by molar-refractivity contribution is 0.0526. The Morgan fingerprint density at radius 1 is 1.36 bits per heavy atom. The zero-order valence-electron chi connectivity index (χ0n) is 13.3. The molecule has 0 aromatic carbocycles. The van der Waals surface area contributed by atoms with E-state index in [1.165, 1.54) is 32.2 Å². The van der Waals surface area contributed by atoms with Gasteiger partial charge in [-0.3, -0.25) is 0 Å². The minimum absolute atomic E-state index is 0.299. The maximum Gasteiger partial charge on any atom is 0.339 e. The average molecular weight is 303 g/mol. The second kappa shape index (κ2) is 7.09. The molecule has 1 aromatic heterocycles. The molecule has 5 heteroatoms. The molecule has 0 amide bonds. The molecule has 0 radical (unpaired) electrons. The summed E-state index contributed by atoms with van der Waals surface area (Å²) >= 11 is 0. The van der Waals surface area contributed by atoms with Gasteiger partial charge in [0.25, 0.3) is 0 Å². The number of carbonyl (C=O) groups excluding carboxylic acids is 1. The molecule has 0 aliphatic carbocycles. The molecule has 1 unspecified atom stereocenters. The highest BCUT2D eigenvalue weighted by atomic mass is 16.5. The van der Waals surface area contributed by atoms with Crippen molar-refractivity contribution in [1.29, 1.82) is 0 Å². The first-order valence-electron chi connectivity index (χ1n) is 8.39. The predicted molar refractivity (Wildman–Crippen MR) is 86.2 cm³/mol. The number of hydrogen-bond donors (Lipinski definition) is 1. The van der Waals surface area contributed by atoms with E-state index in [2.05, 4.69) is 15.2 Å². The van der Waals surface area contributed by atoms with Crippen LogP contribution < -0.4 is 10.2 Å². The Balaban J connectivity index is 1.55. The van der Waals surface area contributed by atoms with Crippen LogP contribution in [-0.2, 0) is 4.74 Å². The number of nitrogens with zero attached hydrogens (tertiary/aromatic N) is 2. The van der Waals surface area contributed by atoms with Crippen molar-refractivity contribution in [2.45, 2.75) is 38.6 Å². The molecule has 2 saturated heterocycles. The molecule has 22 heavy (non-hydrogen) atoms. The van der Waals surface area contributed by atoms with Gasteiger partial charge in [0, 0.05) is 25.3 Å². The van der Waals surface area contributed by atoms with Gasteiger partial charge in [0.2, 0.25) is 0 Å². The molecule has 3 heterocycles. The third-order valence-electron chi connectivity index (χ3n) is 4.79. The van der Waals surface area contributed by atoms with Gasteiger partial charge < -0.3 is 15.0 Å². The number of rotatable bonds is 4. The summed E-state index contributed by atoms with van der Waals surface area (Å²) in [6.45, 7) is 5.48. The molecule has 5 nitrogen and oxygen atoms in total. The van der Waals surface area contributed by atoms with Gasteiger partial charge in [-0.15, -0.1) is 0 Å². The van der Waals surface area contributed by atoms with Crippen LogP contribution in [0.25, 0.3) is 0 Å². The number of piperidine rings is 1. The van der Waals surface area contributed by atoms with Crippen molar-refractivity contribution >= 4 is 11.8 Å². The molecule has 2 fully saturated rings. The molecule has 1 N–H and O–H groups in total. The fourth-order valence-electron chi connectivity index (χ4n) is 3.55. The highest BCUT2D eigenvalue weighted by molar-refractivity contribution is 5.89. The smallest absolute Gasteiger partial charge is 0.339 e. The highest BCUT2D eigenvalue weighted by Gasteiger charge is 2.28. The van der Waals surface area contributed by atoms with Gasteiger partial charge in [-0.2, -0.15) is 0 Å². The molecule has 120 valence electrons.